The van der Waals surface area contributed by atoms with E-state index in [9.17, 15) is 0 Å². The van der Waals surface area contributed by atoms with Crippen molar-refractivity contribution in [2.24, 2.45) is 0 Å². The molecule has 1 nitrogen and oxygen atoms in total. The van der Waals surface area contributed by atoms with E-state index in [1.807, 2.05) is 7.05 Å². The number of nitrogens with one attached hydrogen (secondary N) is 1. The van der Waals surface area contributed by atoms with Crippen molar-refractivity contribution in [3.8, 4) is 0 Å². The first kappa shape index (κ1) is 14.3. The Morgan fingerprint density at radius 2 is 1.84 bits per heavy atom. The van der Waals surface area contributed by atoms with Crippen molar-refractivity contribution in [2.75, 3.05) is 7.05 Å². The summed E-state index contributed by atoms with van der Waals surface area (Å²) in [6.45, 7) is 2.12. The summed E-state index contributed by atoms with van der Waals surface area (Å²) >= 11 is 3.61. The first-order valence-electron chi connectivity index (χ1n) is 6.68. The van der Waals surface area contributed by atoms with Crippen molar-refractivity contribution in [1.82, 2.24) is 5.32 Å². The van der Waals surface area contributed by atoms with Gasteiger partial charge in [0.05, 0.1) is 0 Å². The fourth-order valence-corrected chi connectivity index (χ4v) is 2.66. The Bertz CT molecular complexity index is 522. The Morgan fingerprint density at radius 3 is 2.47 bits per heavy atom. The zero-order chi connectivity index (χ0) is 13.7. The second-order valence-electron chi connectivity index (χ2n) is 4.87. The molecular formula is C17H20BrN. The maximum atomic E-state index is 3.61. The summed E-state index contributed by atoms with van der Waals surface area (Å²) in [6, 6.07) is 17.7. The van der Waals surface area contributed by atoms with Gasteiger partial charge >= 0.3 is 0 Å². The van der Waals surface area contributed by atoms with E-state index >= 15 is 0 Å². The molecule has 2 heteroatoms. The molecule has 0 spiro atoms. The normalized spacial score (nSPS) is 12.4. The van der Waals surface area contributed by atoms with Crippen molar-refractivity contribution >= 4 is 15.9 Å². The second-order valence-corrected chi connectivity index (χ2v) is 5.73. The quantitative estimate of drug-likeness (QED) is 0.846. The summed E-state index contributed by atoms with van der Waals surface area (Å²) in [5.41, 5.74) is 4.02. The Hall–Kier alpha value is -1.12. The molecule has 0 aliphatic rings. The van der Waals surface area contributed by atoms with Crippen LogP contribution in [0.2, 0.25) is 0 Å². The molecule has 2 rings (SSSR count). The second kappa shape index (κ2) is 6.88. The number of halogens is 1. The smallest absolute Gasteiger partial charge is 0.0321 e. The molecule has 0 saturated carbocycles. The molecule has 0 aliphatic heterocycles. The number of benzene rings is 2. The topological polar surface area (TPSA) is 12.0 Å². The van der Waals surface area contributed by atoms with Crippen molar-refractivity contribution in [3.63, 3.8) is 0 Å². The molecule has 1 N–H and O–H groups in total. The van der Waals surface area contributed by atoms with Gasteiger partial charge in [-0.25, -0.2) is 0 Å². The van der Waals surface area contributed by atoms with Crippen molar-refractivity contribution < 1.29 is 0 Å². The van der Waals surface area contributed by atoms with Gasteiger partial charge in [-0.15, -0.1) is 0 Å². The molecule has 2 aromatic carbocycles. The van der Waals surface area contributed by atoms with E-state index in [0.717, 1.165) is 12.8 Å². The SMILES string of the molecule is CNC(CCc1ccccc1)c1ccc(C)c(Br)c1. The molecule has 0 amide bonds. The number of hydrogen-bond acceptors (Lipinski definition) is 1. The van der Waals surface area contributed by atoms with Gasteiger partial charge in [-0.3, -0.25) is 0 Å². The Balaban J connectivity index is 2.05. The number of rotatable bonds is 5. The third kappa shape index (κ3) is 3.92. The standard InChI is InChI=1S/C17H20BrN/c1-13-8-10-15(12-16(13)18)17(19-2)11-9-14-6-4-3-5-7-14/h3-8,10,12,17,19H,9,11H2,1-2H3. The summed E-state index contributed by atoms with van der Waals surface area (Å²) in [7, 11) is 2.03. The summed E-state index contributed by atoms with van der Waals surface area (Å²) in [5.74, 6) is 0. The van der Waals surface area contributed by atoms with Gasteiger partial charge in [0, 0.05) is 10.5 Å². The molecule has 1 atom stereocenters. The van der Waals surface area contributed by atoms with Gasteiger partial charge in [-0.05, 0) is 49.6 Å². The zero-order valence-electron chi connectivity index (χ0n) is 11.5. The lowest BCUT2D eigenvalue weighted by molar-refractivity contribution is 0.549. The van der Waals surface area contributed by atoms with E-state index in [1.165, 1.54) is 21.2 Å². The largest absolute Gasteiger partial charge is 0.313 e. The molecular weight excluding hydrogens is 298 g/mol. The highest BCUT2D eigenvalue weighted by Crippen LogP contribution is 2.24. The lowest BCUT2D eigenvalue weighted by atomic mass is 9.98. The van der Waals surface area contributed by atoms with Gasteiger partial charge in [0.1, 0.15) is 0 Å². The van der Waals surface area contributed by atoms with Crippen LogP contribution < -0.4 is 5.32 Å². The van der Waals surface area contributed by atoms with Crippen LogP contribution in [0.5, 0.6) is 0 Å². The fourth-order valence-electron chi connectivity index (χ4n) is 2.26. The maximum absolute atomic E-state index is 3.61. The monoisotopic (exact) mass is 317 g/mol. The third-order valence-electron chi connectivity index (χ3n) is 3.51. The minimum Gasteiger partial charge on any atom is -0.313 e. The first-order chi connectivity index (χ1) is 9.20. The van der Waals surface area contributed by atoms with Crippen LogP contribution in [0, 0.1) is 6.92 Å². The van der Waals surface area contributed by atoms with Gasteiger partial charge < -0.3 is 5.32 Å². The lowest BCUT2D eigenvalue weighted by Crippen LogP contribution is -2.17. The predicted molar refractivity (Wildman–Crippen MR) is 85.4 cm³/mol. The van der Waals surface area contributed by atoms with Crippen LogP contribution in [0.1, 0.15) is 29.2 Å². The Morgan fingerprint density at radius 1 is 1.11 bits per heavy atom. The van der Waals surface area contributed by atoms with Gasteiger partial charge in [-0.1, -0.05) is 58.4 Å². The summed E-state index contributed by atoms with van der Waals surface area (Å²) in [5, 5.41) is 3.41. The lowest BCUT2D eigenvalue weighted by Gasteiger charge is -2.17. The van der Waals surface area contributed by atoms with Crippen LogP contribution in [0.15, 0.2) is 53.0 Å². The predicted octanol–water partition coefficient (Wildman–Crippen LogP) is 4.65. The first-order valence-corrected chi connectivity index (χ1v) is 7.47. The van der Waals surface area contributed by atoms with Gasteiger partial charge in [-0.2, -0.15) is 0 Å². The summed E-state index contributed by atoms with van der Waals surface area (Å²) in [6.07, 6.45) is 2.20. The highest BCUT2D eigenvalue weighted by atomic mass is 79.9. The number of hydrogen-bond donors (Lipinski definition) is 1. The van der Waals surface area contributed by atoms with Crippen molar-refractivity contribution in [3.05, 3.63) is 69.7 Å². The van der Waals surface area contributed by atoms with E-state index in [4.69, 9.17) is 0 Å². The van der Waals surface area contributed by atoms with Crippen molar-refractivity contribution in [2.45, 2.75) is 25.8 Å². The average Bonchev–Trinajstić information content (AvgIpc) is 2.44. The van der Waals surface area contributed by atoms with Crippen LogP contribution in [0.25, 0.3) is 0 Å². The highest BCUT2D eigenvalue weighted by Gasteiger charge is 2.10. The molecule has 19 heavy (non-hydrogen) atoms. The van der Waals surface area contributed by atoms with Gasteiger partial charge in [0.15, 0.2) is 0 Å². The highest BCUT2D eigenvalue weighted by molar-refractivity contribution is 9.10. The molecule has 0 bridgehead atoms. The maximum Gasteiger partial charge on any atom is 0.0321 e. The molecule has 0 aliphatic carbocycles. The minimum atomic E-state index is 0.400. The van der Waals surface area contributed by atoms with Crippen LogP contribution >= 0.6 is 15.9 Å². The summed E-state index contributed by atoms with van der Waals surface area (Å²) < 4.78 is 1.19. The van der Waals surface area contributed by atoms with Crippen LogP contribution in [-0.4, -0.2) is 7.05 Å². The Kier molecular flexibility index (Phi) is 5.17. The zero-order valence-corrected chi connectivity index (χ0v) is 13.1. The molecule has 0 heterocycles. The Labute approximate surface area is 124 Å². The molecule has 0 saturated heterocycles. The molecule has 100 valence electrons. The molecule has 0 fully saturated rings. The van der Waals surface area contributed by atoms with E-state index in [1.54, 1.807) is 0 Å². The molecule has 0 aromatic heterocycles. The van der Waals surface area contributed by atoms with Crippen LogP contribution in [0.4, 0.5) is 0 Å². The van der Waals surface area contributed by atoms with Gasteiger partial charge in [0.25, 0.3) is 0 Å². The molecule has 2 aromatic rings. The fraction of sp³-hybridized carbons (Fsp3) is 0.294. The van der Waals surface area contributed by atoms with E-state index in [-0.39, 0.29) is 0 Å². The molecule has 0 radical (unpaired) electrons. The van der Waals surface area contributed by atoms with Crippen molar-refractivity contribution in [1.29, 1.82) is 0 Å². The van der Waals surface area contributed by atoms with E-state index in [2.05, 4.69) is 76.7 Å². The van der Waals surface area contributed by atoms with Gasteiger partial charge in [0.2, 0.25) is 0 Å². The van der Waals surface area contributed by atoms with E-state index < -0.39 is 0 Å². The number of aryl methyl sites for hydroxylation is 2. The van der Waals surface area contributed by atoms with Crippen LogP contribution in [-0.2, 0) is 6.42 Å². The molecule has 1 unspecified atom stereocenters. The third-order valence-corrected chi connectivity index (χ3v) is 4.37. The van der Waals surface area contributed by atoms with Crippen LogP contribution in [0.3, 0.4) is 0 Å². The summed E-state index contributed by atoms with van der Waals surface area (Å²) in [4.78, 5) is 0. The minimum absolute atomic E-state index is 0.400. The average molecular weight is 318 g/mol. The van der Waals surface area contributed by atoms with E-state index in [0.29, 0.717) is 6.04 Å².